The molecular weight excluding hydrogens is 252 g/mol. The van der Waals surface area contributed by atoms with Crippen LogP contribution in [0.5, 0.6) is 0 Å². The van der Waals surface area contributed by atoms with E-state index in [0.717, 1.165) is 18.7 Å². The van der Waals surface area contributed by atoms with Gasteiger partial charge in [-0.25, -0.2) is 4.98 Å². The standard InChI is InChI=1S/C16H22N2S/c1-4-17-14(12(2)3)10-16-18-15(11-19-16)13-8-6-5-7-9-13/h5-9,11-12,14,17H,4,10H2,1-3H3. The van der Waals surface area contributed by atoms with Crippen molar-refractivity contribution in [2.75, 3.05) is 6.54 Å². The van der Waals surface area contributed by atoms with Crippen molar-refractivity contribution in [2.45, 2.75) is 33.2 Å². The molecule has 1 aromatic heterocycles. The van der Waals surface area contributed by atoms with Crippen LogP contribution in [-0.4, -0.2) is 17.6 Å². The van der Waals surface area contributed by atoms with Crippen LogP contribution in [0.25, 0.3) is 11.3 Å². The number of rotatable bonds is 6. The van der Waals surface area contributed by atoms with Crippen LogP contribution in [0.1, 0.15) is 25.8 Å². The molecule has 19 heavy (non-hydrogen) atoms. The second-order valence-electron chi connectivity index (χ2n) is 5.10. The second-order valence-corrected chi connectivity index (χ2v) is 6.05. The van der Waals surface area contributed by atoms with Crippen molar-refractivity contribution in [3.05, 3.63) is 40.7 Å². The van der Waals surface area contributed by atoms with Crippen LogP contribution >= 0.6 is 11.3 Å². The van der Waals surface area contributed by atoms with Gasteiger partial charge in [0.15, 0.2) is 0 Å². The molecule has 1 atom stereocenters. The third-order valence-electron chi connectivity index (χ3n) is 3.29. The van der Waals surface area contributed by atoms with Crippen LogP contribution < -0.4 is 5.32 Å². The van der Waals surface area contributed by atoms with Crippen molar-refractivity contribution in [1.82, 2.24) is 10.3 Å². The SMILES string of the molecule is CCNC(Cc1nc(-c2ccccc2)cs1)C(C)C. The molecule has 1 aromatic carbocycles. The Kier molecular flexibility index (Phi) is 5.11. The Morgan fingerprint density at radius 2 is 1.95 bits per heavy atom. The molecule has 2 aromatic rings. The van der Waals surface area contributed by atoms with Crippen LogP contribution in [0.15, 0.2) is 35.7 Å². The Hall–Kier alpha value is -1.19. The summed E-state index contributed by atoms with van der Waals surface area (Å²) in [5, 5.41) is 6.93. The van der Waals surface area contributed by atoms with Gasteiger partial charge in [-0.2, -0.15) is 0 Å². The average molecular weight is 274 g/mol. The predicted molar refractivity (Wildman–Crippen MR) is 83.6 cm³/mol. The average Bonchev–Trinajstić information content (AvgIpc) is 2.88. The lowest BCUT2D eigenvalue weighted by Gasteiger charge is -2.20. The van der Waals surface area contributed by atoms with Gasteiger partial charge >= 0.3 is 0 Å². The fraction of sp³-hybridized carbons (Fsp3) is 0.438. The van der Waals surface area contributed by atoms with Gasteiger partial charge in [0.2, 0.25) is 0 Å². The quantitative estimate of drug-likeness (QED) is 0.861. The normalized spacial score (nSPS) is 12.8. The zero-order valence-electron chi connectivity index (χ0n) is 11.9. The minimum Gasteiger partial charge on any atom is -0.314 e. The van der Waals surface area contributed by atoms with E-state index in [4.69, 9.17) is 4.98 Å². The first-order valence-corrected chi connectivity index (χ1v) is 7.82. The van der Waals surface area contributed by atoms with E-state index in [0.29, 0.717) is 12.0 Å². The number of aromatic nitrogens is 1. The van der Waals surface area contributed by atoms with Gasteiger partial charge in [0.05, 0.1) is 10.7 Å². The highest BCUT2D eigenvalue weighted by Crippen LogP contribution is 2.23. The topological polar surface area (TPSA) is 24.9 Å². The Morgan fingerprint density at radius 3 is 2.58 bits per heavy atom. The van der Waals surface area contributed by atoms with E-state index in [1.54, 1.807) is 11.3 Å². The highest BCUT2D eigenvalue weighted by molar-refractivity contribution is 7.09. The summed E-state index contributed by atoms with van der Waals surface area (Å²) >= 11 is 1.76. The molecule has 0 spiro atoms. The molecule has 1 N–H and O–H groups in total. The van der Waals surface area contributed by atoms with Crippen molar-refractivity contribution < 1.29 is 0 Å². The summed E-state index contributed by atoms with van der Waals surface area (Å²) in [6.45, 7) is 7.70. The molecule has 1 unspecified atom stereocenters. The molecule has 0 radical (unpaired) electrons. The maximum Gasteiger partial charge on any atom is 0.0948 e. The summed E-state index contributed by atoms with van der Waals surface area (Å²) < 4.78 is 0. The third-order valence-corrected chi connectivity index (χ3v) is 4.16. The molecular formula is C16H22N2S. The largest absolute Gasteiger partial charge is 0.314 e. The predicted octanol–water partition coefficient (Wildman–Crippen LogP) is 3.99. The summed E-state index contributed by atoms with van der Waals surface area (Å²) in [5.41, 5.74) is 2.30. The molecule has 0 saturated heterocycles. The minimum atomic E-state index is 0.514. The van der Waals surface area contributed by atoms with Crippen molar-refractivity contribution >= 4 is 11.3 Å². The minimum absolute atomic E-state index is 0.514. The first-order chi connectivity index (χ1) is 9.20. The lowest BCUT2D eigenvalue weighted by molar-refractivity contribution is 0.405. The molecule has 0 amide bonds. The fourth-order valence-electron chi connectivity index (χ4n) is 2.14. The number of likely N-dealkylation sites (N-methyl/N-ethyl adjacent to an activating group) is 1. The molecule has 1 heterocycles. The molecule has 3 heteroatoms. The number of hydrogen-bond acceptors (Lipinski definition) is 3. The Bertz CT molecular complexity index is 490. The van der Waals surface area contributed by atoms with E-state index >= 15 is 0 Å². The molecule has 102 valence electrons. The van der Waals surface area contributed by atoms with Crippen LogP contribution in [0, 0.1) is 5.92 Å². The highest BCUT2D eigenvalue weighted by Gasteiger charge is 2.15. The van der Waals surface area contributed by atoms with Gasteiger partial charge in [0.25, 0.3) is 0 Å². The number of hydrogen-bond donors (Lipinski definition) is 1. The van der Waals surface area contributed by atoms with Gasteiger partial charge in [-0.3, -0.25) is 0 Å². The van der Waals surface area contributed by atoms with Crippen molar-refractivity contribution in [2.24, 2.45) is 5.92 Å². The molecule has 0 aliphatic carbocycles. The van der Waals surface area contributed by atoms with E-state index < -0.39 is 0 Å². The maximum absolute atomic E-state index is 4.76. The molecule has 0 saturated carbocycles. The van der Waals surface area contributed by atoms with Gasteiger partial charge < -0.3 is 5.32 Å². The lowest BCUT2D eigenvalue weighted by Crippen LogP contribution is -2.35. The van der Waals surface area contributed by atoms with Crippen LogP contribution in [0.2, 0.25) is 0 Å². The smallest absolute Gasteiger partial charge is 0.0948 e. The maximum atomic E-state index is 4.76. The van der Waals surface area contributed by atoms with E-state index in [1.165, 1.54) is 10.6 Å². The zero-order valence-corrected chi connectivity index (χ0v) is 12.7. The molecule has 2 rings (SSSR count). The van der Waals surface area contributed by atoms with E-state index in [9.17, 15) is 0 Å². The van der Waals surface area contributed by atoms with E-state index in [-0.39, 0.29) is 0 Å². The first kappa shape index (κ1) is 14.2. The van der Waals surface area contributed by atoms with Gasteiger partial charge in [-0.15, -0.1) is 11.3 Å². The second kappa shape index (κ2) is 6.83. The third kappa shape index (κ3) is 3.88. The fourth-order valence-corrected chi connectivity index (χ4v) is 3.00. The molecule has 0 bridgehead atoms. The zero-order chi connectivity index (χ0) is 13.7. The summed E-state index contributed by atoms with van der Waals surface area (Å²) in [4.78, 5) is 4.76. The summed E-state index contributed by atoms with van der Waals surface area (Å²) in [6.07, 6.45) is 1.02. The van der Waals surface area contributed by atoms with Gasteiger partial charge in [-0.05, 0) is 12.5 Å². The number of thiazole rings is 1. The van der Waals surface area contributed by atoms with Crippen molar-refractivity contribution in [3.63, 3.8) is 0 Å². The summed E-state index contributed by atoms with van der Waals surface area (Å²) in [7, 11) is 0. The first-order valence-electron chi connectivity index (χ1n) is 6.94. The molecule has 0 aliphatic heterocycles. The van der Waals surface area contributed by atoms with Gasteiger partial charge in [0, 0.05) is 23.4 Å². The number of nitrogens with zero attached hydrogens (tertiary/aromatic N) is 1. The monoisotopic (exact) mass is 274 g/mol. The molecule has 0 fully saturated rings. The van der Waals surface area contributed by atoms with E-state index in [1.807, 2.05) is 6.07 Å². The van der Waals surface area contributed by atoms with Gasteiger partial charge in [-0.1, -0.05) is 51.1 Å². The Balaban J connectivity index is 2.09. The molecule has 0 aliphatic rings. The highest BCUT2D eigenvalue weighted by atomic mass is 32.1. The van der Waals surface area contributed by atoms with E-state index in [2.05, 4.69) is 55.7 Å². The van der Waals surface area contributed by atoms with Gasteiger partial charge in [0.1, 0.15) is 0 Å². The van der Waals surface area contributed by atoms with Crippen molar-refractivity contribution in [1.29, 1.82) is 0 Å². The number of nitrogens with one attached hydrogen (secondary N) is 1. The summed E-state index contributed by atoms with van der Waals surface area (Å²) in [5.74, 6) is 0.629. The number of benzene rings is 1. The van der Waals surface area contributed by atoms with Crippen molar-refractivity contribution in [3.8, 4) is 11.3 Å². The van der Waals surface area contributed by atoms with Crippen LogP contribution in [0.3, 0.4) is 0 Å². The Morgan fingerprint density at radius 1 is 1.21 bits per heavy atom. The van der Waals surface area contributed by atoms with Crippen LogP contribution in [0.4, 0.5) is 0 Å². The molecule has 2 nitrogen and oxygen atoms in total. The van der Waals surface area contributed by atoms with Crippen LogP contribution in [-0.2, 0) is 6.42 Å². The Labute approximate surface area is 119 Å². The lowest BCUT2D eigenvalue weighted by atomic mass is 10.0. The summed E-state index contributed by atoms with van der Waals surface area (Å²) in [6, 6.07) is 10.9.